The van der Waals surface area contributed by atoms with Gasteiger partial charge in [-0.1, -0.05) is 22.0 Å². The van der Waals surface area contributed by atoms with Crippen molar-refractivity contribution < 1.29 is 13.9 Å². The zero-order chi connectivity index (χ0) is 14.2. The fourth-order valence-corrected chi connectivity index (χ4v) is 2.18. The van der Waals surface area contributed by atoms with E-state index in [1.165, 1.54) is 6.07 Å². The van der Waals surface area contributed by atoms with Crippen LogP contribution in [0.3, 0.4) is 0 Å². The number of hydrogen-bond donors (Lipinski definition) is 1. The number of nitrogens with one attached hydrogen (secondary N) is 1. The number of hydrogen-bond acceptors (Lipinski definition) is 3. The molecule has 0 saturated carbocycles. The molecule has 0 radical (unpaired) electrons. The molecule has 0 spiro atoms. The zero-order valence-corrected chi connectivity index (χ0v) is 13.1. The first-order chi connectivity index (χ1) is 8.76. The van der Waals surface area contributed by atoms with Crippen LogP contribution >= 0.6 is 15.9 Å². The third-order valence-electron chi connectivity index (χ3n) is 2.76. The van der Waals surface area contributed by atoms with Gasteiger partial charge < -0.3 is 9.47 Å². The zero-order valence-electron chi connectivity index (χ0n) is 11.5. The topological polar surface area (TPSA) is 33.8 Å². The summed E-state index contributed by atoms with van der Waals surface area (Å²) < 4.78 is 25.6. The monoisotopic (exact) mass is 331 g/mol. The van der Waals surface area contributed by atoms with Gasteiger partial charge in [0, 0.05) is 16.1 Å². The molecule has 0 aliphatic carbocycles. The van der Waals surface area contributed by atoms with Crippen LogP contribution in [0.25, 0.3) is 0 Å². The van der Waals surface area contributed by atoms with Crippen LogP contribution in [0.4, 0.5) is 4.39 Å². The Morgan fingerprint density at radius 2 is 2.11 bits per heavy atom. The first-order valence-electron chi connectivity index (χ1n) is 6.30. The van der Waals surface area contributed by atoms with Crippen molar-refractivity contribution in [2.45, 2.75) is 51.9 Å². The smallest absolute Gasteiger partial charge is 0.200 e. The largest absolute Gasteiger partial charge is 0.343 e. The number of benzene rings is 1. The molecule has 0 amide bonds. The molecule has 1 fully saturated rings. The Bertz CT molecular complexity index is 461. The molecule has 0 bridgehead atoms. The van der Waals surface area contributed by atoms with Crippen LogP contribution in [0, 0.1) is 5.82 Å². The van der Waals surface area contributed by atoms with Gasteiger partial charge in [-0.25, -0.2) is 4.39 Å². The fraction of sp³-hybridized carbons (Fsp3) is 0.571. The van der Waals surface area contributed by atoms with Crippen LogP contribution < -0.4 is 5.32 Å². The van der Waals surface area contributed by atoms with Gasteiger partial charge in [-0.15, -0.1) is 0 Å². The van der Waals surface area contributed by atoms with Gasteiger partial charge in [0.25, 0.3) is 0 Å². The molecule has 1 N–H and O–H groups in total. The molecule has 5 heteroatoms. The van der Waals surface area contributed by atoms with Crippen LogP contribution in [0.1, 0.15) is 39.3 Å². The van der Waals surface area contributed by atoms with Gasteiger partial charge in [-0.3, -0.25) is 5.32 Å². The number of rotatable bonds is 4. The minimum atomic E-state index is -0.249. The van der Waals surface area contributed by atoms with Crippen molar-refractivity contribution in [1.29, 1.82) is 0 Å². The molecule has 0 aromatic heterocycles. The second-order valence-electron chi connectivity index (χ2n) is 5.71. The maximum absolute atomic E-state index is 13.8. The molecule has 3 atom stereocenters. The summed E-state index contributed by atoms with van der Waals surface area (Å²) in [5.74, 6) is -0.233. The lowest BCUT2D eigenvalue weighted by molar-refractivity contribution is -0.0571. The van der Waals surface area contributed by atoms with Gasteiger partial charge in [-0.2, -0.15) is 0 Å². The van der Waals surface area contributed by atoms with Gasteiger partial charge >= 0.3 is 0 Å². The van der Waals surface area contributed by atoms with E-state index in [9.17, 15) is 4.39 Å². The van der Waals surface area contributed by atoms with Crippen molar-refractivity contribution in [3.63, 3.8) is 0 Å². The summed E-state index contributed by atoms with van der Waals surface area (Å²) >= 11 is 3.25. The lowest BCUT2D eigenvalue weighted by atomic mass is 10.1. The van der Waals surface area contributed by atoms with Crippen molar-refractivity contribution in [2.24, 2.45) is 0 Å². The highest BCUT2D eigenvalue weighted by molar-refractivity contribution is 9.10. The molecule has 1 saturated heterocycles. The van der Waals surface area contributed by atoms with Crippen molar-refractivity contribution >= 4 is 15.9 Å². The van der Waals surface area contributed by atoms with Gasteiger partial charge in [0.15, 0.2) is 12.5 Å². The molecule has 1 aliphatic heterocycles. The summed E-state index contributed by atoms with van der Waals surface area (Å²) in [5, 5.41) is 3.20. The predicted octanol–water partition coefficient (Wildman–Crippen LogP) is 3.74. The van der Waals surface area contributed by atoms with Crippen LogP contribution in [-0.4, -0.2) is 18.1 Å². The number of epoxide rings is 1. The summed E-state index contributed by atoms with van der Waals surface area (Å²) in [4.78, 5) is 0. The van der Waals surface area contributed by atoms with E-state index < -0.39 is 0 Å². The molecule has 3 nitrogen and oxygen atoms in total. The molecule has 19 heavy (non-hydrogen) atoms. The van der Waals surface area contributed by atoms with E-state index in [1.807, 2.05) is 33.8 Å². The highest BCUT2D eigenvalue weighted by atomic mass is 79.9. The average Bonchev–Trinajstić information content (AvgIpc) is 2.92. The normalized spacial score (nSPS) is 24.3. The molecule has 2 rings (SSSR count). The molecular weight excluding hydrogens is 313 g/mol. The minimum absolute atomic E-state index is 0.133. The van der Waals surface area contributed by atoms with E-state index >= 15 is 0 Å². The Labute approximate surface area is 121 Å². The molecule has 3 unspecified atom stereocenters. The Balaban J connectivity index is 1.91. The van der Waals surface area contributed by atoms with E-state index in [1.54, 1.807) is 6.07 Å². The lowest BCUT2D eigenvalue weighted by Crippen LogP contribution is -2.28. The maximum atomic E-state index is 13.8. The maximum Gasteiger partial charge on any atom is 0.200 e. The molecular formula is C14H19BrFNO2. The summed E-state index contributed by atoms with van der Waals surface area (Å²) in [5.41, 5.74) is 0.376. The fourth-order valence-electron chi connectivity index (χ4n) is 1.84. The summed E-state index contributed by atoms with van der Waals surface area (Å²) in [6.45, 7) is 7.83. The van der Waals surface area contributed by atoms with Gasteiger partial charge in [-0.05, 0) is 39.8 Å². The molecule has 1 aliphatic rings. The Morgan fingerprint density at radius 1 is 1.42 bits per heavy atom. The third-order valence-corrected chi connectivity index (χ3v) is 3.26. The predicted molar refractivity (Wildman–Crippen MR) is 75.1 cm³/mol. The summed E-state index contributed by atoms with van der Waals surface area (Å²) in [6, 6.07) is 4.92. The quantitative estimate of drug-likeness (QED) is 0.853. The average molecular weight is 332 g/mol. The van der Waals surface area contributed by atoms with Crippen LogP contribution in [0.2, 0.25) is 0 Å². The first-order valence-corrected chi connectivity index (χ1v) is 7.10. The minimum Gasteiger partial charge on any atom is -0.343 e. The summed E-state index contributed by atoms with van der Waals surface area (Å²) in [7, 11) is 0. The highest BCUT2D eigenvalue weighted by Crippen LogP contribution is 2.29. The van der Waals surface area contributed by atoms with E-state index in [0.717, 1.165) is 4.47 Å². The number of halogens is 2. The van der Waals surface area contributed by atoms with Crippen LogP contribution in [0.15, 0.2) is 22.7 Å². The summed E-state index contributed by atoms with van der Waals surface area (Å²) in [6.07, 6.45) is -0.418. The Morgan fingerprint density at radius 3 is 2.68 bits per heavy atom. The molecule has 1 heterocycles. The van der Waals surface area contributed by atoms with Crippen molar-refractivity contribution in [2.75, 3.05) is 0 Å². The third kappa shape index (κ3) is 4.24. The van der Waals surface area contributed by atoms with Gasteiger partial charge in [0.2, 0.25) is 0 Å². The van der Waals surface area contributed by atoms with Crippen molar-refractivity contribution in [3.8, 4) is 0 Å². The molecule has 1 aromatic carbocycles. The van der Waals surface area contributed by atoms with Gasteiger partial charge in [0.05, 0.1) is 5.60 Å². The van der Waals surface area contributed by atoms with E-state index in [4.69, 9.17) is 9.47 Å². The second kappa shape index (κ2) is 5.48. The lowest BCUT2D eigenvalue weighted by Gasteiger charge is -2.18. The Hall–Kier alpha value is -0.490. The van der Waals surface area contributed by atoms with Gasteiger partial charge in [0.1, 0.15) is 5.82 Å². The Kier molecular flexibility index (Phi) is 4.30. The second-order valence-corrected chi connectivity index (χ2v) is 6.63. The molecule has 1 aromatic rings. The van der Waals surface area contributed by atoms with Crippen molar-refractivity contribution in [3.05, 3.63) is 34.1 Å². The SMILES string of the molecule is CC(NC1OC1OC(C)(C)C)c1ccc(Br)cc1F. The van der Waals surface area contributed by atoms with Crippen LogP contribution in [0.5, 0.6) is 0 Å². The van der Waals surface area contributed by atoms with Crippen LogP contribution in [-0.2, 0) is 9.47 Å². The highest BCUT2D eigenvalue weighted by Gasteiger charge is 2.43. The molecule has 106 valence electrons. The first kappa shape index (κ1) is 14.9. The van der Waals surface area contributed by atoms with E-state index in [0.29, 0.717) is 5.56 Å². The van der Waals surface area contributed by atoms with E-state index in [2.05, 4.69) is 21.2 Å². The van der Waals surface area contributed by atoms with E-state index in [-0.39, 0.29) is 30.0 Å². The number of ether oxygens (including phenoxy) is 2. The standard InChI is InChI=1S/C14H19BrFNO2/c1-8(10-6-5-9(15)7-11(10)16)17-12-13(18-12)19-14(2,3)4/h5-8,12-13,17H,1-4H3. The van der Waals surface area contributed by atoms with Crippen molar-refractivity contribution in [1.82, 2.24) is 5.32 Å².